The number of allylic oxidation sites excluding steroid dienone is 2. The summed E-state index contributed by atoms with van der Waals surface area (Å²) in [6.45, 7) is 0. The van der Waals surface area contributed by atoms with Gasteiger partial charge in [0.25, 0.3) is 0 Å². The highest BCUT2D eigenvalue weighted by Gasteiger charge is 2.80. The van der Waals surface area contributed by atoms with Crippen molar-refractivity contribution < 1.29 is 26.3 Å². The number of thiophene rings is 2. The van der Waals surface area contributed by atoms with Crippen LogP contribution in [0.4, 0.5) is 26.3 Å². The predicted molar refractivity (Wildman–Crippen MR) is 191 cm³/mol. The third-order valence-corrected chi connectivity index (χ3v) is 11.3. The number of nitriles is 4. The van der Waals surface area contributed by atoms with Crippen molar-refractivity contribution in [3.8, 4) is 66.0 Å². The molecule has 7 rings (SSSR count). The minimum atomic E-state index is -5.86. The van der Waals surface area contributed by atoms with Crippen molar-refractivity contribution in [1.82, 2.24) is 0 Å². The van der Waals surface area contributed by atoms with Crippen LogP contribution in [0.2, 0.25) is 0 Å². The van der Waals surface area contributed by atoms with E-state index in [1.807, 2.05) is 24.3 Å². The van der Waals surface area contributed by atoms with Crippen LogP contribution in [-0.2, 0) is 0 Å². The summed E-state index contributed by atoms with van der Waals surface area (Å²) in [5, 5.41) is 37.3. The van der Waals surface area contributed by atoms with Crippen LogP contribution in [0.5, 0.6) is 0 Å². The van der Waals surface area contributed by atoms with Crippen molar-refractivity contribution in [3.05, 3.63) is 143 Å². The van der Waals surface area contributed by atoms with Crippen molar-refractivity contribution >= 4 is 33.8 Å². The van der Waals surface area contributed by atoms with Crippen LogP contribution < -0.4 is 0 Å². The molecule has 6 aromatic rings. The Kier molecular flexibility index (Phi) is 8.55. The highest BCUT2D eigenvalue weighted by Crippen LogP contribution is 2.67. The van der Waals surface area contributed by atoms with Gasteiger partial charge < -0.3 is 0 Å². The van der Waals surface area contributed by atoms with Crippen LogP contribution in [0.3, 0.4) is 0 Å². The lowest BCUT2D eigenvalue weighted by Gasteiger charge is -2.26. The largest absolute Gasteiger partial charge is 0.380 e. The van der Waals surface area contributed by atoms with Crippen molar-refractivity contribution in [2.45, 2.75) is 17.8 Å². The molecule has 2 aromatic heterocycles. The van der Waals surface area contributed by atoms with Crippen molar-refractivity contribution in [1.29, 1.82) is 21.0 Å². The third kappa shape index (κ3) is 5.66. The lowest BCUT2D eigenvalue weighted by molar-refractivity contribution is -0.254. The molecule has 1 aliphatic carbocycles. The van der Waals surface area contributed by atoms with Gasteiger partial charge in [-0.05, 0) is 82.9 Å². The second-order valence-electron chi connectivity index (χ2n) is 11.9. The molecular formula is C41H18F6N4S2. The average Bonchev–Trinajstić information content (AvgIpc) is 3.84. The SMILES string of the molecule is N#Cc1ccc(-c2cc(C3=C(c4cc(-c5ccc(C#N)cc5)sc4-c4ccc(C#N)cc4)C(F)(F)C(F)(F)C3(F)F)c(-c3ccc(C#N)cc3)s2)cc1. The fourth-order valence-electron chi connectivity index (χ4n) is 6.11. The van der Waals surface area contributed by atoms with Crippen LogP contribution in [0.1, 0.15) is 33.4 Å². The van der Waals surface area contributed by atoms with Crippen LogP contribution in [0.15, 0.2) is 109 Å². The van der Waals surface area contributed by atoms with E-state index in [4.69, 9.17) is 0 Å². The first-order valence-corrected chi connectivity index (χ1v) is 17.2. The zero-order valence-corrected chi connectivity index (χ0v) is 28.4. The molecule has 0 amide bonds. The maximum Gasteiger partial charge on any atom is 0.380 e. The second kappa shape index (κ2) is 13.0. The summed E-state index contributed by atoms with van der Waals surface area (Å²) in [5.74, 6) is -16.6. The van der Waals surface area contributed by atoms with Crippen LogP contribution in [0, 0.1) is 45.3 Å². The van der Waals surface area contributed by atoms with E-state index >= 15 is 26.3 Å². The Hall–Kier alpha value is -6.44. The zero-order valence-electron chi connectivity index (χ0n) is 26.8. The van der Waals surface area contributed by atoms with Gasteiger partial charge in [0, 0.05) is 41.8 Å². The van der Waals surface area contributed by atoms with Gasteiger partial charge in [0.2, 0.25) is 0 Å². The molecule has 0 saturated carbocycles. The molecule has 1 aliphatic rings. The van der Waals surface area contributed by atoms with E-state index in [1.165, 1.54) is 109 Å². The van der Waals surface area contributed by atoms with E-state index in [1.54, 1.807) is 0 Å². The van der Waals surface area contributed by atoms with Gasteiger partial charge in [0.05, 0.1) is 46.5 Å². The van der Waals surface area contributed by atoms with Crippen LogP contribution in [-0.4, -0.2) is 17.8 Å². The Morgan fingerprint density at radius 1 is 0.396 bits per heavy atom. The molecular weight excluding hydrogens is 727 g/mol. The summed E-state index contributed by atoms with van der Waals surface area (Å²) in [5.41, 5.74) is -1.85. The molecule has 4 aromatic carbocycles. The summed E-state index contributed by atoms with van der Waals surface area (Å²) >= 11 is 1.82. The fourth-order valence-corrected chi connectivity index (χ4v) is 8.46. The van der Waals surface area contributed by atoms with Gasteiger partial charge in [-0.15, -0.1) is 22.7 Å². The Morgan fingerprint density at radius 2 is 0.660 bits per heavy atom. The van der Waals surface area contributed by atoms with E-state index in [2.05, 4.69) is 0 Å². The molecule has 0 unspecified atom stereocenters. The van der Waals surface area contributed by atoms with Gasteiger partial charge in [0.15, 0.2) is 0 Å². The highest BCUT2D eigenvalue weighted by molar-refractivity contribution is 7.19. The quantitative estimate of drug-likeness (QED) is 0.159. The van der Waals surface area contributed by atoms with Crippen molar-refractivity contribution in [2.75, 3.05) is 0 Å². The molecule has 0 atom stereocenters. The molecule has 0 bridgehead atoms. The van der Waals surface area contributed by atoms with Gasteiger partial charge in [0.1, 0.15) is 0 Å². The third-order valence-electron chi connectivity index (χ3n) is 8.82. The van der Waals surface area contributed by atoms with Gasteiger partial charge in [-0.3, -0.25) is 0 Å². The standard InChI is InChI=1S/C41H18F6N4S2/c42-39(43)35(31-17-33(27-9-1-23(19-48)2-10-27)52-37(31)29-13-5-25(21-50)6-14-29)36(40(44,45)41(39,46)47)32-18-34(28-11-3-24(20-49)4-12-28)53-38(32)30-15-7-26(22-51)8-16-30/h1-18H. The van der Waals surface area contributed by atoms with Gasteiger partial charge in [-0.25, -0.2) is 0 Å². The first kappa shape index (κ1) is 35.0. The molecule has 0 spiro atoms. The molecule has 53 heavy (non-hydrogen) atoms. The van der Waals surface area contributed by atoms with E-state index in [9.17, 15) is 21.0 Å². The van der Waals surface area contributed by atoms with Gasteiger partial charge in [-0.2, -0.15) is 47.4 Å². The first-order chi connectivity index (χ1) is 25.3. The van der Waals surface area contributed by atoms with Crippen LogP contribution >= 0.6 is 22.7 Å². The molecule has 0 N–H and O–H groups in total. The maximum absolute atomic E-state index is 16.4. The minimum Gasteiger partial charge on any atom is -0.194 e. The topological polar surface area (TPSA) is 95.2 Å². The van der Waals surface area contributed by atoms with Crippen molar-refractivity contribution in [2.24, 2.45) is 0 Å². The minimum absolute atomic E-state index is 0.0167. The monoisotopic (exact) mass is 744 g/mol. The van der Waals surface area contributed by atoms with E-state index in [0.717, 1.165) is 22.7 Å². The molecule has 12 heteroatoms. The predicted octanol–water partition coefficient (Wildman–Crippen LogP) is 11.8. The normalized spacial score (nSPS) is 15.3. The number of alkyl halides is 6. The summed E-state index contributed by atoms with van der Waals surface area (Å²) in [4.78, 5) is 0.524. The number of nitrogens with zero attached hydrogens (tertiary/aromatic N) is 4. The van der Waals surface area contributed by atoms with E-state index in [-0.39, 0.29) is 41.8 Å². The second-order valence-corrected chi connectivity index (χ2v) is 14.0. The molecule has 2 heterocycles. The molecule has 256 valence electrons. The van der Waals surface area contributed by atoms with Crippen LogP contribution in [0.25, 0.3) is 52.9 Å². The van der Waals surface area contributed by atoms with Gasteiger partial charge >= 0.3 is 17.8 Å². The number of benzene rings is 4. The summed E-state index contributed by atoms with van der Waals surface area (Å²) in [6.07, 6.45) is 0. The molecule has 0 radical (unpaired) electrons. The first-order valence-electron chi connectivity index (χ1n) is 15.5. The number of halogens is 6. The lowest BCUT2D eigenvalue weighted by Crippen LogP contribution is -2.48. The van der Waals surface area contributed by atoms with Gasteiger partial charge in [-0.1, -0.05) is 48.5 Å². The number of hydrogen-bond acceptors (Lipinski definition) is 6. The fraction of sp³-hybridized carbons (Fsp3) is 0.0732. The Labute approximate surface area is 306 Å². The van der Waals surface area contributed by atoms with E-state index < -0.39 is 40.0 Å². The van der Waals surface area contributed by atoms with Crippen molar-refractivity contribution in [3.63, 3.8) is 0 Å². The van der Waals surface area contributed by atoms with E-state index in [0.29, 0.717) is 22.3 Å². The summed E-state index contributed by atoms with van der Waals surface area (Å²) < 4.78 is 97.4. The summed E-state index contributed by atoms with van der Waals surface area (Å²) in [6, 6.07) is 33.6. The Morgan fingerprint density at radius 3 is 0.925 bits per heavy atom. The Balaban J connectivity index is 1.57. The number of hydrogen-bond donors (Lipinski definition) is 0. The maximum atomic E-state index is 16.4. The Bertz CT molecular complexity index is 2430. The molecule has 0 aliphatic heterocycles. The lowest BCUT2D eigenvalue weighted by atomic mass is 9.91. The molecule has 4 nitrogen and oxygen atoms in total. The summed E-state index contributed by atoms with van der Waals surface area (Å²) in [7, 11) is 0. The zero-order chi connectivity index (χ0) is 37.7. The number of rotatable bonds is 6. The average molecular weight is 745 g/mol. The smallest absolute Gasteiger partial charge is 0.194 e. The molecule has 0 saturated heterocycles. The highest BCUT2D eigenvalue weighted by atomic mass is 32.1. The molecule has 0 fully saturated rings.